The van der Waals surface area contributed by atoms with Gasteiger partial charge in [0.25, 0.3) is 0 Å². The number of carboxylic acids is 1. The van der Waals surface area contributed by atoms with Crippen molar-refractivity contribution in [2.75, 3.05) is 6.54 Å². The number of carbonyl (C=O) groups excluding carboxylic acids is 1. The van der Waals surface area contributed by atoms with Crippen LogP contribution in [0, 0.1) is 5.92 Å². The number of thiazole rings is 1. The lowest BCUT2D eigenvalue weighted by atomic mass is 9.90. The average Bonchev–Trinajstić information content (AvgIpc) is 3.17. The first-order valence-electron chi connectivity index (χ1n) is 7.57. The summed E-state index contributed by atoms with van der Waals surface area (Å²) in [6.45, 7) is 2.46. The number of piperidine rings is 1. The standard InChI is InChI=1S/C16H18N2O3S2/c1-10-12(16(20)21)4-2-6-18(10)14(19)8-11-9-23-15(17-11)13-5-3-7-22-13/h3,5,7,9-10,12H,2,4,6,8H2,1H3,(H,20,21)/t10-,12-/m1/s1. The number of rotatable bonds is 4. The minimum Gasteiger partial charge on any atom is -0.481 e. The molecule has 0 radical (unpaired) electrons. The summed E-state index contributed by atoms with van der Waals surface area (Å²) >= 11 is 3.16. The van der Waals surface area contributed by atoms with Crippen molar-refractivity contribution in [2.45, 2.75) is 32.2 Å². The zero-order valence-electron chi connectivity index (χ0n) is 12.8. The molecule has 122 valence electrons. The summed E-state index contributed by atoms with van der Waals surface area (Å²) in [6.07, 6.45) is 1.61. The first-order valence-corrected chi connectivity index (χ1v) is 9.32. The maximum atomic E-state index is 12.5. The molecule has 1 fully saturated rings. The fourth-order valence-corrected chi connectivity index (χ4v) is 4.62. The highest BCUT2D eigenvalue weighted by atomic mass is 32.1. The molecule has 0 aromatic carbocycles. The predicted molar refractivity (Wildman–Crippen MR) is 90.7 cm³/mol. The van der Waals surface area contributed by atoms with E-state index in [2.05, 4.69) is 4.98 Å². The van der Waals surface area contributed by atoms with Crippen molar-refractivity contribution in [3.05, 3.63) is 28.6 Å². The summed E-state index contributed by atoms with van der Waals surface area (Å²) in [6, 6.07) is 3.73. The predicted octanol–water partition coefficient (Wildman–Crippen LogP) is 3.13. The molecule has 1 aliphatic rings. The van der Waals surface area contributed by atoms with Gasteiger partial charge in [-0.15, -0.1) is 22.7 Å². The average molecular weight is 350 g/mol. The Morgan fingerprint density at radius 3 is 2.96 bits per heavy atom. The van der Waals surface area contributed by atoms with Gasteiger partial charge in [-0.3, -0.25) is 9.59 Å². The SMILES string of the molecule is C[C@@H]1[C@H](C(=O)O)CCCN1C(=O)Cc1csc(-c2cccs2)n1. The van der Waals surface area contributed by atoms with E-state index in [0.717, 1.165) is 22.0 Å². The molecule has 0 spiro atoms. The van der Waals surface area contributed by atoms with Gasteiger partial charge in [0.05, 0.1) is 22.9 Å². The molecule has 3 rings (SSSR count). The van der Waals surface area contributed by atoms with Gasteiger partial charge in [-0.2, -0.15) is 0 Å². The topological polar surface area (TPSA) is 70.5 Å². The van der Waals surface area contributed by atoms with Crippen LogP contribution in [0.15, 0.2) is 22.9 Å². The van der Waals surface area contributed by atoms with Crippen LogP contribution in [-0.4, -0.2) is 39.5 Å². The second kappa shape index (κ2) is 6.80. The smallest absolute Gasteiger partial charge is 0.308 e. The Labute approximate surface area is 142 Å². The van der Waals surface area contributed by atoms with Crippen molar-refractivity contribution in [2.24, 2.45) is 5.92 Å². The molecule has 0 saturated carbocycles. The largest absolute Gasteiger partial charge is 0.481 e. The zero-order chi connectivity index (χ0) is 16.4. The van der Waals surface area contributed by atoms with Gasteiger partial charge in [-0.1, -0.05) is 6.07 Å². The van der Waals surface area contributed by atoms with Crippen molar-refractivity contribution in [3.63, 3.8) is 0 Å². The van der Waals surface area contributed by atoms with Crippen molar-refractivity contribution >= 4 is 34.6 Å². The Hall–Kier alpha value is -1.73. The van der Waals surface area contributed by atoms with E-state index in [9.17, 15) is 14.7 Å². The van der Waals surface area contributed by atoms with Gasteiger partial charge in [0.2, 0.25) is 5.91 Å². The van der Waals surface area contributed by atoms with E-state index in [1.165, 1.54) is 11.3 Å². The maximum absolute atomic E-state index is 12.5. The van der Waals surface area contributed by atoms with E-state index in [1.54, 1.807) is 16.2 Å². The summed E-state index contributed by atoms with van der Waals surface area (Å²) in [4.78, 5) is 31.2. The fraction of sp³-hybridized carbons (Fsp3) is 0.438. The second-order valence-electron chi connectivity index (χ2n) is 5.71. The van der Waals surface area contributed by atoms with Gasteiger partial charge < -0.3 is 10.0 Å². The number of nitrogens with zero attached hydrogens (tertiary/aromatic N) is 2. The molecule has 3 heterocycles. The molecule has 1 N–H and O–H groups in total. The highest BCUT2D eigenvalue weighted by molar-refractivity contribution is 7.20. The minimum absolute atomic E-state index is 0.0357. The quantitative estimate of drug-likeness (QED) is 0.920. The lowest BCUT2D eigenvalue weighted by molar-refractivity contribution is -0.148. The number of aliphatic carboxylic acids is 1. The lowest BCUT2D eigenvalue weighted by Gasteiger charge is -2.37. The zero-order valence-corrected chi connectivity index (χ0v) is 14.4. The van der Waals surface area contributed by atoms with Crippen LogP contribution < -0.4 is 0 Å². The number of hydrogen-bond donors (Lipinski definition) is 1. The van der Waals surface area contributed by atoms with E-state index in [1.807, 2.05) is 29.8 Å². The minimum atomic E-state index is -0.816. The lowest BCUT2D eigenvalue weighted by Crippen LogP contribution is -2.49. The molecular formula is C16H18N2O3S2. The molecule has 1 saturated heterocycles. The molecule has 0 bridgehead atoms. The van der Waals surface area contributed by atoms with E-state index in [-0.39, 0.29) is 18.4 Å². The van der Waals surface area contributed by atoms with Gasteiger partial charge in [-0.25, -0.2) is 4.98 Å². The van der Waals surface area contributed by atoms with Crippen LogP contribution >= 0.6 is 22.7 Å². The normalized spacial score (nSPS) is 21.3. The first kappa shape index (κ1) is 16.1. The van der Waals surface area contributed by atoms with Gasteiger partial charge in [0.1, 0.15) is 5.01 Å². The number of thiophene rings is 1. The molecule has 0 unspecified atom stereocenters. The van der Waals surface area contributed by atoms with Crippen LogP contribution in [-0.2, 0) is 16.0 Å². The summed E-state index contributed by atoms with van der Waals surface area (Å²) < 4.78 is 0. The van der Waals surface area contributed by atoms with E-state index in [4.69, 9.17) is 0 Å². The Kier molecular flexibility index (Phi) is 4.77. The number of amides is 1. The van der Waals surface area contributed by atoms with Gasteiger partial charge in [0.15, 0.2) is 0 Å². The Morgan fingerprint density at radius 1 is 1.43 bits per heavy atom. The van der Waals surface area contributed by atoms with Crippen LogP contribution in [0.4, 0.5) is 0 Å². The van der Waals surface area contributed by atoms with Crippen LogP contribution in [0.25, 0.3) is 9.88 Å². The molecule has 2 aromatic rings. The monoisotopic (exact) mass is 350 g/mol. The number of carboxylic acid groups (broad SMARTS) is 1. The fourth-order valence-electron chi connectivity index (χ4n) is 2.98. The van der Waals surface area contributed by atoms with Crippen molar-refractivity contribution in [1.29, 1.82) is 0 Å². The van der Waals surface area contributed by atoms with Gasteiger partial charge >= 0.3 is 5.97 Å². The van der Waals surface area contributed by atoms with E-state index in [0.29, 0.717) is 13.0 Å². The molecule has 23 heavy (non-hydrogen) atoms. The van der Waals surface area contributed by atoms with Crippen molar-refractivity contribution in [3.8, 4) is 9.88 Å². The Balaban J connectivity index is 1.68. The highest BCUT2D eigenvalue weighted by Gasteiger charge is 2.35. The third kappa shape index (κ3) is 3.45. The van der Waals surface area contributed by atoms with Crippen LogP contribution in [0.3, 0.4) is 0 Å². The number of carbonyl (C=O) groups is 2. The third-order valence-electron chi connectivity index (χ3n) is 4.24. The number of likely N-dealkylation sites (tertiary alicyclic amines) is 1. The molecule has 7 heteroatoms. The molecule has 2 aromatic heterocycles. The van der Waals surface area contributed by atoms with Gasteiger partial charge in [0, 0.05) is 18.0 Å². The third-order valence-corrected chi connectivity index (χ3v) is 6.17. The van der Waals surface area contributed by atoms with Crippen molar-refractivity contribution in [1.82, 2.24) is 9.88 Å². The van der Waals surface area contributed by atoms with Crippen LogP contribution in [0.1, 0.15) is 25.5 Å². The highest BCUT2D eigenvalue weighted by Crippen LogP contribution is 2.29. The summed E-state index contributed by atoms with van der Waals surface area (Å²) in [5.74, 6) is -1.32. The van der Waals surface area contributed by atoms with Crippen LogP contribution in [0.5, 0.6) is 0 Å². The second-order valence-corrected chi connectivity index (χ2v) is 7.52. The van der Waals surface area contributed by atoms with E-state index >= 15 is 0 Å². The molecule has 5 nitrogen and oxygen atoms in total. The number of aromatic nitrogens is 1. The summed E-state index contributed by atoms with van der Waals surface area (Å²) in [5, 5.41) is 14.1. The van der Waals surface area contributed by atoms with Crippen LogP contribution in [0.2, 0.25) is 0 Å². The molecular weight excluding hydrogens is 332 g/mol. The van der Waals surface area contributed by atoms with Crippen molar-refractivity contribution < 1.29 is 14.7 Å². The maximum Gasteiger partial charge on any atom is 0.308 e. The molecule has 1 aliphatic heterocycles. The Bertz CT molecular complexity index is 696. The molecule has 1 amide bonds. The summed E-state index contributed by atoms with van der Waals surface area (Å²) in [7, 11) is 0. The molecule has 2 atom stereocenters. The summed E-state index contributed by atoms with van der Waals surface area (Å²) in [5.41, 5.74) is 0.757. The molecule has 0 aliphatic carbocycles. The van der Waals surface area contributed by atoms with E-state index < -0.39 is 11.9 Å². The Morgan fingerprint density at radius 2 is 2.26 bits per heavy atom. The first-order chi connectivity index (χ1) is 11.1. The van der Waals surface area contributed by atoms with Gasteiger partial charge in [-0.05, 0) is 31.2 Å². The number of hydrogen-bond acceptors (Lipinski definition) is 5.